The van der Waals surface area contributed by atoms with Gasteiger partial charge in [-0.3, -0.25) is 0 Å². The molecule has 1 unspecified atom stereocenters. The summed E-state index contributed by atoms with van der Waals surface area (Å²) in [6.07, 6.45) is 1.77. The summed E-state index contributed by atoms with van der Waals surface area (Å²) in [4.78, 5) is 0. The molecule has 0 N–H and O–H groups in total. The number of hydrogen-bond donors (Lipinski definition) is 0. The number of hydrogen-bond acceptors (Lipinski definition) is 2. The Labute approximate surface area is 97.8 Å². The summed E-state index contributed by atoms with van der Waals surface area (Å²) in [5.74, 6) is -0.247. The minimum absolute atomic E-state index is 0.166. The molecule has 0 aliphatic rings. The van der Waals surface area contributed by atoms with Gasteiger partial charge in [-0.2, -0.15) is 0 Å². The Morgan fingerprint density at radius 2 is 2.31 bits per heavy atom. The Balaban J connectivity index is 2.14. The van der Waals surface area contributed by atoms with Gasteiger partial charge in [-0.1, -0.05) is 17.3 Å². The second-order valence-electron chi connectivity index (χ2n) is 3.59. The molecule has 2 aromatic rings. The van der Waals surface area contributed by atoms with E-state index in [0.717, 1.165) is 11.3 Å². The SMILES string of the molecule is CC(Cl)c1cn(Cc2cccc(F)c2)nn1. The lowest BCUT2D eigenvalue weighted by Gasteiger charge is -2.00. The van der Waals surface area contributed by atoms with Crippen LogP contribution < -0.4 is 0 Å². The van der Waals surface area contributed by atoms with Gasteiger partial charge in [0.25, 0.3) is 0 Å². The maximum atomic E-state index is 12.9. The van der Waals surface area contributed by atoms with Gasteiger partial charge in [-0.15, -0.1) is 16.7 Å². The number of aromatic nitrogens is 3. The maximum absolute atomic E-state index is 12.9. The predicted octanol–water partition coefficient (Wildman–Crippen LogP) is 2.77. The third kappa shape index (κ3) is 2.58. The second kappa shape index (κ2) is 4.61. The normalized spacial score (nSPS) is 12.7. The van der Waals surface area contributed by atoms with Crippen molar-refractivity contribution in [2.24, 2.45) is 0 Å². The first kappa shape index (κ1) is 11.1. The van der Waals surface area contributed by atoms with Gasteiger partial charge in [-0.25, -0.2) is 9.07 Å². The summed E-state index contributed by atoms with van der Waals surface area (Å²) in [5.41, 5.74) is 1.57. The number of nitrogens with zero attached hydrogens (tertiary/aromatic N) is 3. The van der Waals surface area contributed by atoms with Crippen LogP contribution >= 0.6 is 11.6 Å². The molecule has 0 saturated heterocycles. The van der Waals surface area contributed by atoms with Gasteiger partial charge in [-0.05, 0) is 24.6 Å². The Morgan fingerprint density at radius 1 is 1.50 bits per heavy atom. The van der Waals surface area contributed by atoms with E-state index >= 15 is 0 Å². The molecule has 1 heterocycles. The van der Waals surface area contributed by atoms with E-state index in [9.17, 15) is 4.39 Å². The third-order valence-electron chi connectivity index (χ3n) is 2.20. The molecule has 0 aliphatic carbocycles. The van der Waals surface area contributed by atoms with Crippen molar-refractivity contribution >= 4 is 11.6 Å². The highest BCUT2D eigenvalue weighted by Crippen LogP contribution is 2.15. The van der Waals surface area contributed by atoms with Crippen LogP contribution in [-0.2, 0) is 6.54 Å². The van der Waals surface area contributed by atoms with E-state index in [2.05, 4.69) is 10.3 Å². The first-order valence-electron chi connectivity index (χ1n) is 4.93. The third-order valence-corrected chi connectivity index (χ3v) is 2.42. The van der Waals surface area contributed by atoms with Crippen molar-refractivity contribution in [2.45, 2.75) is 18.8 Å². The molecule has 0 amide bonds. The zero-order valence-corrected chi connectivity index (χ0v) is 9.52. The molecular weight excluding hydrogens is 229 g/mol. The van der Waals surface area contributed by atoms with Crippen molar-refractivity contribution in [3.8, 4) is 0 Å². The van der Waals surface area contributed by atoms with Crippen molar-refractivity contribution in [3.05, 3.63) is 47.5 Å². The number of rotatable bonds is 3. The van der Waals surface area contributed by atoms with Crippen LogP contribution in [0.5, 0.6) is 0 Å². The smallest absolute Gasteiger partial charge is 0.123 e. The minimum atomic E-state index is -0.247. The molecule has 0 spiro atoms. The highest BCUT2D eigenvalue weighted by atomic mass is 35.5. The van der Waals surface area contributed by atoms with Crippen molar-refractivity contribution in [1.29, 1.82) is 0 Å². The average molecular weight is 240 g/mol. The lowest BCUT2D eigenvalue weighted by molar-refractivity contribution is 0.614. The van der Waals surface area contributed by atoms with Gasteiger partial charge in [0.1, 0.15) is 11.5 Å². The van der Waals surface area contributed by atoms with E-state index in [1.165, 1.54) is 12.1 Å². The standard InChI is InChI=1S/C11H11ClFN3/c1-8(12)11-7-16(15-14-11)6-9-3-2-4-10(13)5-9/h2-5,7-8H,6H2,1H3. The molecule has 0 radical (unpaired) electrons. The zero-order chi connectivity index (χ0) is 11.5. The summed E-state index contributed by atoms with van der Waals surface area (Å²) in [7, 11) is 0. The quantitative estimate of drug-likeness (QED) is 0.771. The minimum Gasteiger partial charge on any atom is -0.248 e. The summed E-state index contributed by atoms with van der Waals surface area (Å²) in [5, 5.41) is 7.68. The van der Waals surface area contributed by atoms with Gasteiger partial charge in [0, 0.05) is 0 Å². The number of alkyl halides is 1. The summed E-state index contributed by atoms with van der Waals surface area (Å²) in [6.45, 7) is 2.33. The van der Waals surface area contributed by atoms with Crippen LogP contribution in [0.2, 0.25) is 0 Å². The van der Waals surface area contributed by atoms with E-state index in [-0.39, 0.29) is 11.2 Å². The fraction of sp³-hybridized carbons (Fsp3) is 0.273. The first-order chi connectivity index (χ1) is 7.65. The number of halogens is 2. The molecule has 3 nitrogen and oxygen atoms in total. The molecule has 0 bridgehead atoms. The lowest BCUT2D eigenvalue weighted by Crippen LogP contribution is -2.00. The van der Waals surface area contributed by atoms with Crippen LogP contribution in [0, 0.1) is 5.82 Å². The Bertz CT molecular complexity index is 482. The molecular formula is C11H11ClFN3. The second-order valence-corrected chi connectivity index (χ2v) is 4.24. The molecule has 1 atom stereocenters. The van der Waals surface area contributed by atoms with E-state index in [4.69, 9.17) is 11.6 Å². The van der Waals surface area contributed by atoms with Crippen LogP contribution in [-0.4, -0.2) is 15.0 Å². The summed E-state index contributed by atoms with van der Waals surface area (Å²) in [6, 6.07) is 6.41. The molecule has 0 saturated carbocycles. The van der Waals surface area contributed by atoms with E-state index < -0.39 is 0 Å². The fourth-order valence-corrected chi connectivity index (χ4v) is 1.50. The molecule has 0 fully saturated rings. The first-order valence-corrected chi connectivity index (χ1v) is 5.37. The van der Waals surface area contributed by atoms with Crippen LogP contribution in [0.15, 0.2) is 30.5 Å². The maximum Gasteiger partial charge on any atom is 0.123 e. The number of benzene rings is 1. The van der Waals surface area contributed by atoms with Crippen LogP contribution in [0.3, 0.4) is 0 Å². The highest BCUT2D eigenvalue weighted by molar-refractivity contribution is 6.20. The van der Waals surface area contributed by atoms with Gasteiger partial charge < -0.3 is 0 Å². The fourth-order valence-electron chi connectivity index (χ4n) is 1.40. The van der Waals surface area contributed by atoms with Crippen LogP contribution in [0.1, 0.15) is 23.6 Å². The predicted molar refractivity (Wildman–Crippen MR) is 59.8 cm³/mol. The van der Waals surface area contributed by atoms with Gasteiger partial charge in [0.05, 0.1) is 18.1 Å². The Kier molecular flexibility index (Phi) is 3.19. The van der Waals surface area contributed by atoms with Gasteiger partial charge in [0.15, 0.2) is 0 Å². The van der Waals surface area contributed by atoms with Gasteiger partial charge in [0.2, 0.25) is 0 Å². The van der Waals surface area contributed by atoms with Crippen molar-refractivity contribution < 1.29 is 4.39 Å². The molecule has 1 aromatic heterocycles. The zero-order valence-electron chi connectivity index (χ0n) is 8.77. The molecule has 0 aliphatic heterocycles. The lowest BCUT2D eigenvalue weighted by atomic mass is 10.2. The van der Waals surface area contributed by atoms with Crippen LogP contribution in [0.25, 0.3) is 0 Å². The largest absolute Gasteiger partial charge is 0.248 e. The molecule has 16 heavy (non-hydrogen) atoms. The highest BCUT2D eigenvalue weighted by Gasteiger charge is 2.06. The van der Waals surface area contributed by atoms with E-state index in [1.807, 2.05) is 13.0 Å². The monoisotopic (exact) mass is 239 g/mol. The van der Waals surface area contributed by atoms with Crippen LogP contribution in [0.4, 0.5) is 4.39 Å². The molecule has 84 valence electrons. The molecule has 1 aromatic carbocycles. The Hall–Kier alpha value is -1.42. The topological polar surface area (TPSA) is 30.7 Å². The van der Waals surface area contributed by atoms with Gasteiger partial charge >= 0.3 is 0 Å². The van der Waals surface area contributed by atoms with Crippen molar-refractivity contribution in [2.75, 3.05) is 0 Å². The molecule has 2 rings (SSSR count). The average Bonchev–Trinajstić information content (AvgIpc) is 2.66. The summed E-state index contributed by atoms with van der Waals surface area (Å²) < 4.78 is 14.6. The van der Waals surface area contributed by atoms with E-state index in [0.29, 0.717) is 6.54 Å². The van der Waals surface area contributed by atoms with Crippen molar-refractivity contribution in [1.82, 2.24) is 15.0 Å². The molecule has 5 heteroatoms. The van der Waals surface area contributed by atoms with E-state index in [1.54, 1.807) is 16.9 Å². The summed E-state index contributed by atoms with van der Waals surface area (Å²) >= 11 is 5.87. The van der Waals surface area contributed by atoms with Crippen molar-refractivity contribution in [3.63, 3.8) is 0 Å². The Morgan fingerprint density at radius 3 is 2.94 bits per heavy atom.